The number of hydrogen-bond donors (Lipinski definition) is 2. The molecule has 2 N–H and O–H groups in total. The summed E-state index contributed by atoms with van der Waals surface area (Å²) in [4.78, 5) is 11.7. The van der Waals surface area contributed by atoms with Crippen LogP contribution in [0.3, 0.4) is 0 Å². The first-order valence-electron chi connectivity index (χ1n) is 6.12. The van der Waals surface area contributed by atoms with E-state index in [-0.39, 0.29) is 12.1 Å². The molecule has 0 fully saturated rings. The van der Waals surface area contributed by atoms with Crippen LogP contribution in [-0.2, 0) is 0 Å². The van der Waals surface area contributed by atoms with Crippen molar-refractivity contribution < 1.29 is 14.3 Å². The normalized spacial score (nSPS) is 12.6. The predicted octanol–water partition coefficient (Wildman–Crippen LogP) is 2.27. The highest BCUT2D eigenvalue weighted by molar-refractivity contribution is 5.94. The van der Waals surface area contributed by atoms with Gasteiger partial charge in [0.1, 0.15) is 5.82 Å². The molecule has 0 aliphatic carbocycles. The van der Waals surface area contributed by atoms with Crippen LogP contribution in [0.15, 0.2) is 18.2 Å². The summed E-state index contributed by atoms with van der Waals surface area (Å²) >= 11 is 0. The third kappa shape index (κ3) is 4.45. The van der Waals surface area contributed by atoms with E-state index in [1.807, 2.05) is 13.8 Å². The second-order valence-corrected chi connectivity index (χ2v) is 4.98. The number of aliphatic hydroxyl groups excluding tert-OH is 1. The quantitative estimate of drug-likeness (QED) is 0.845. The van der Waals surface area contributed by atoms with Crippen molar-refractivity contribution in [2.75, 3.05) is 6.54 Å². The minimum Gasteiger partial charge on any atom is -0.391 e. The highest BCUT2D eigenvalue weighted by Crippen LogP contribution is 2.10. The van der Waals surface area contributed by atoms with Crippen molar-refractivity contribution in [3.05, 3.63) is 35.1 Å². The second kappa shape index (κ2) is 6.50. The molecular formula is C14H20FNO2. The van der Waals surface area contributed by atoms with Crippen LogP contribution in [0.1, 0.15) is 36.2 Å². The molecule has 1 amide bonds. The molecule has 0 aliphatic heterocycles. The van der Waals surface area contributed by atoms with Gasteiger partial charge in [-0.2, -0.15) is 0 Å². The summed E-state index contributed by atoms with van der Waals surface area (Å²) in [7, 11) is 0. The lowest BCUT2D eigenvalue weighted by Gasteiger charge is -2.14. The molecule has 1 aromatic rings. The Labute approximate surface area is 107 Å². The van der Waals surface area contributed by atoms with Gasteiger partial charge in [-0.1, -0.05) is 25.5 Å². The van der Waals surface area contributed by atoms with Crippen molar-refractivity contribution in [3.63, 3.8) is 0 Å². The van der Waals surface area contributed by atoms with Crippen molar-refractivity contribution in [1.29, 1.82) is 0 Å². The number of amides is 1. The maximum atomic E-state index is 13.4. The summed E-state index contributed by atoms with van der Waals surface area (Å²) in [5, 5.41) is 12.2. The summed E-state index contributed by atoms with van der Waals surface area (Å²) < 4.78 is 13.4. The summed E-state index contributed by atoms with van der Waals surface area (Å²) in [6.07, 6.45) is 0.0122. The van der Waals surface area contributed by atoms with Gasteiger partial charge in [-0.05, 0) is 31.4 Å². The molecule has 1 aromatic carbocycles. The minimum absolute atomic E-state index is 0.0201. The van der Waals surface area contributed by atoms with Crippen LogP contribution in [0.2, 0.25) is 0 Å². The highest BCUT2D eigenvalue weighted by Gasteiger charge is 2.13. The van der Waals surface area contributed by atoms with Crippen LogP contribution in [-0.4, -0.2) is 23.7 Å². The van der Waals surface area contributed by atoms with E-state index in [0.29, 0.717) is 12.3 Å². The van der Waals surface area contributed by atoms with E-state index in [1.165, 1.54) is 12.1 Å². The largest absolute Gasteiger partial charge is 0.391 e. The lowest BCUT2D eigenvalue weighted by atomic mass is 10.1. The lowest BCUT2D eigenvalue weighted by Crippen LogP contribution is -2.33. The van der Waals surface area contributed by atoms with Crippen LogP contribution in [0.5, 0.6) is 0 Å². The molecule has 18 heavy (non-hydrogen) atoms. The number of carbonyl (C=O) groups excluding carboxylic acids is 1. The molecular weight excluding hydrogens is 233 g/mol. The summed E-state index contributed by atoms with van der Waals surface area (Å²) in [6.45, 7) is 5.92. The fourth-order valence-electron chi connectivity index (χ4n) is 1.75. The van der Waals surface area contributed by atoms with Crippen molar-refractivity contribution in [2.24, 2.45) is 5.92 Å². The highest BCUT2D eigenvalue weighted by atomic mass is 19.1. The van der Waals surface area contributed by atoms with Gasteiger partial charge >= 0.3 is 0 Å². The third-order valence-corrected chi connectivity index (χ3v) is 2.61. The Morgan fingerprint density at radius 1 is 1.44 bits per heavy atom. The summed E-state index contributed by atoms with van der Waals surface area (Å²) in [5.74, 6) is -0.678. The molecule has 1 unspecified atom stereocenters. The Kier molecular flexibility index (Phi) is 5.28. The van der Waals surface area contributed by atoms with Gasteiger partial charge < -0.3 is 10.4 Å². The molecule has 0 heterocycles. The van der Waals surface area contributed by atoms with Gasteiger partial charge in [-0.25, -0.2) is 4.39 Å². The average Bonchev–Trinajstić information content (AvgIpc) is 2.28. The van der Waals surface area contributed by atoms with Gasteiger partial charge in [0.2, 0.25) is 0 Å². The summed E-state index contributed by atoms with van der Waals surface area (Å²) in [5.41, 5.74) is 0.844. The molecule has 100 valence electrons. The van der Waals surface area contributed by atoms with Crippen molar-refractivity contribution in [1.82, 2.24) is 5.32 Å². The molecule has 3 nitrogen and oxygen atoms in total. The molecule has 0 saturated carbocycles. The molecule has 0 saturated heterocycles. The Balaban J connectivity index is 2.58. The van der Waals surface area contributed by atoms with Crippen LogP contribution in [0, 0.1) is 18.7 Å². The van der Waals surface area contributed by atoms with Gasteiger partial charge in [0.25, 0.3) is 5.91 Å². The maximum Gasteiger partial charge on any atom is 0.254 e. The Hall–Kier alpha value is -1.42. The lowest BCUT2D eigenvalue weighted by molar-refractivity contribution is 0.0896. The van der Waals surface area contributed by atoms with Gasteiger partial charge in [-0.3, -0.25) is 4.79 Å². The van der Waals surface area contributed by atoms with E-state index in [0.717, 1.165) is 5.56 Å². The molecule has 0 aromatic heterocycles. The Bertz CT molecular complexity index is 418. The van der Waals surface area contributed by atoms with Crippen molar-refractivity contribution in [2.45, 2.75) is 33.3 Å². The molecule has 1 rings (SSSR count). The van der Waals surface area contributed by atoms with Crippen molar-refractivity contribution in [3.8, 4) is 0 Å². The molecule has 1 atom stereocenters. The number of benzene rings is 1. The number of aliphatic hydroxyl groups is 1. The van der Waals surface area contributed by atoms with E-state index >= 15 is 0 Å². The first kappa shape index (κ1) is 14.6. The minimum atomic E-state index is -0.596. The predicted molar refractivity (Wildman–Crippen MR) is 68.9 cm³/mol. The van der Waals surface area contributed by atoms with E-state index in [1.54, 1.807) is 13.0 Å². The van der Waals surface area contributed by atoms with Gasteiger partial charge in [0, 0.05) is 6.54 Å². The topological polar surface area (TPSA) is 49.3 Å². The Morgan fingerprint density at radius 3 is 2.72 bits per heavy atom. The van der Waals surface area contributed by atoms with Gasteiger partial charge in [-0.15, -0.1) is 0 Å². The molecule has 0 spiro atoms. The fraction of sp³-hybridized carbons (Fsp3) is 0.500. The smallest absolute Gasteiger partial charge is 0.254 e. The zero-order valence-electron chi connectivity index (χ0n) is 11.0. The second-order valence-electron chi connectivity index (χ2n) is 4.98. The van der Waals surface area contributed by atoms with Gasteiger partial charge in [0.05, 0.1) is 11.7 Å². The monoisotopic (exact) mass is 253 g/mol. The van der Waals surface area contributed by atoms with E-state index in [4.69, 9.17) is 0 Å². The van der Waals surface area contributed by atoms with E-state index in [2.05, 4.69) is 5.32 Å². The molecule has 0 aliphatic rings. The first-order valence-corrected chi connectivity index (χ1v) is 6.12. The van der Waals surface area contributed by atoms with Crippen LogP contribution in [0.25, 0.3) is 0 Å². The zero-order chi connectivity index (χ0) is 13.7. The number of carbonyl (C=O) groups is 1. The SMILES string of the molecule is Cc1ccc(F)c(C(=O)NCC(O)CC(C)C)c1. The van der Waals surface area contributed by atoms with Crippen molar-refractivity contribution >= 4 is 5.91 Å². The number of hydrogen-bond acceptors (Lipinski definition) is 2. The molecule has 0 bridgehead atoms. The maximum absolute atomic E-state index is 13.4. The van der Waals surface area contributed by atoms with E-state index in [9.17, 15) is 14.3 Å². The fourth-order valence-corrected chi connectivity index (χ4v) is 1.75. The summed E-state index contributed by atoms with van der Waals surface area (Å²) in [6, 6.07) is 4.38. The van der Waals surface area contributed by atoms with Crippen LogP contribution < -0.4 is 5.32 Å². The molecule has 0 radical (unpaired) electrons. The zero-order valence-corrected chi connectivity index (χ0v) is 11.0. The van der Waals surface area contributed by atoms with Crippen LogP contribution in [0.4, 0.5) is 4.39 Å². The van der Waals surface area contributed by atoms with E-state index < -0.39 is 17.8 Å². The van der Waals surface area contributed by atoms with Gasteiger partial charge in [0.15, 0.2) is 0 Å². The molecule has 4 heteroatoms. The third-order valence-electron chi connectivity index (χ3n) is 2.61. The van der Waals surface area contributed by atoms with Crippen LogP contribution >= 0.6 is 0 Å². The first-order chi connectivity index (χ1) is 8.40. The standard InChI is InChI=1S/C14H20FNO2/c1-9(2)6-11(17)8-16-14(18)12-7-10(3)4-5-13(12)15/h4-5,7,9,11,17H,6,8H2,1-3H3,(H,16,18). The average molecular weight is 253 g/mol. The number of nitrogens with one attached hydrogen (secondary N) is 1. The Morgan fingerprint density at radius 2 is 2.11 bits per heavy atom. The number of aryl methyl sites for hydroxylation is 1. The number of rotatable bonds is 5. The number of halogens is 1.